The molecule has 0 heterocycles. The number of hydrogen-bond acceptors (Lipinski definition) is 7. The van der Waals surface area contributed by atoms with E-state index in [1.54, 1.807) is 27.7 Å². The van der Waals surface area contributed by atoms with Gasteiger partial charge in [-0.15, -0.1) is 0 Å². The van der Waals surface area contributed by atoms with Crippen LogP contribution in [0.5, 0.6) is 17.2 Å². The molecule has 0 N–H and O–H groups in total. The smallest absolute Gasteiger partial charge is 0.350 e. The first-order valence-electron chi connectivity index (χ1n) is 19.7. The molecule has 0 saturated heterocycles. The Kier molecular flexibility index (Phi) is 13.8. The zero-order valence-corrected chi connectivity index (χ0v) is 33.6. The van der Waals surface area contributed by atoms with Gasteiger partial charge in [0.2, 0.25) is 11.2 Å². The second-order valence-corrected chi connectivity index (χ2v) is 14.3. The fourth-order valence-electron chi connectivity index (χ4n) is 6.89. The number of para-hydroxylation sites is 2. The minimum absolute atomic E-state index is 0.291. The van der Waals surface area contributed by atoms with Crippen molar-refractivity contribution in [3.8, 4) is 17.2 Å². The second-order valence-electron chi connectivity index (χ2n) is 14.3. The Morgan fingerprint density at radius 1 is 0.466 bits per heavy atom. The zero-order chi connectivity index (χ0) is 40.8. The summed E-state index contributed by atoms with van der Waals surface area (Å²) in [6.45, 7) is 8.28. The molecule has 0 aromatic heterocycles. The molecule has 0 fully saturated rings. The third-order valence-corrected chi connectivity index (χ3v) is 9.73. The van der Waals surface area contributed by atoms with Gasteiger partial charge in [-0.1, -0.05) is 140 Å². The SMILES string of the molecule is CCOC(=O)C(C)(Cc1ccc(OCc2ccccc2)c2ccccc12)Oc1ccccc1.CCOC(=O)C(C)(Cc1cccc2ccccc12)Oc1ccccc1. The Balaban J connectivity index is 0.000000203. The van der Waals surface area contributed by atoms with Gasteiger partial charge in [-0.3, -0.25) is 0 Å². The molecule has 296 valence electrons. The van der Waals surface area contributed by atoms with Crippen molar-refractivity contribution in [1.82, 2.24) is 0 Å². The van der Waals surface area contributed by atoms with Crippen LogP contribution in [0.4, 0.5) is 0 Å². The van der Waals surface area contributed by atoms with Crippen molar-refractivity contribution in [3.63, 3.8) is 0 Å². The molecule has 0 spiro atoms. The minimum atomic E-state index is -1.17. The summed E-state index contributed by atoms with van der Waals surface area (Å²) in [5, 5.41) is 4.29. The van der Waals surface area contributed by atoms with Crippen LogP contribution in [0.3, 0.4) is 0 Å². The number of carbonyl (C=O) groups excluding carboxylic acids is 2. The summed E-state index contributed by atoms with van der Waals surface area (Å²) < 4.78 is 29.1. The van der Waals surface area contributed by atoms with E-state index in [0.717, 1.165) is 44.0 Å². The first-order chi connectivity index (χ1) is 28.2. The van der Waals surface area contributed by atoms with Gasteiger partial charge in [0.25, 0.3) is 0 Å². The second kappa shape index (κ2) is 19.5. The van der Waals surface area contributed by atoms with Crippen LogP contribution in [0.1, 0.15) is 44.4 Å². The topological polar surface area (TPSA) is 80.3 Å². The first kappa shape index (κ1) is 41.0. The standard InChI is InChI=1S/C29H28O4.C22H22O3/c1-3-31-28(30)29(2,33-24-14-8-5-9-15-24)20-23-18-19-27(26-17-11-10-16-25(23)26)32-21-22-12-6-4-7-13-22;1-3-24-21(23)22(2,25-19-13-5-4-6-14-19)16-18-12-9-11-17-10-7-8-15-20(17)18/h4-19H,3,20-21H2,1-2H3;4-15H,3,16H2,1-2H3. The lowest BCUT2D eigenvalue weighted by Gasteiger charge is -2.29. The number of ether oxygens (including phenoxy) is 5. The maximum Gasteiger partial charge on any atom is 0.350 e. The van der Waals surface area contributed by atoms with E-state index in [4.69, 9.17) is 23.7 Å². The monoisotopic (exact) mass is 774 g/mol. The maximum absolute atomic E-state index is 13.0. The van der Waals surface area contributed by atoms with Crippen LogP contribution >= 0.6 is 0 Å². The number of hydrogen-bond donors (Lipinski definition) is 0. The van der Waals surface area contributed by atoms with Crippen molar-refractivity contribution in [2.24, 2.45) is 0 Å². The molecule has 7 aromatic rings. The predicted molar refractivity (Wildman–Crippen MR) is 230 cm³/mol. The lowest BCUT2D eigenvalue weighted by Crippen LogP contribution is -2.45. The van der Waals surface area contributed by atoms with Crippen molar-refractivity contribution in [2.45, 2.75) is 58.3 Å². The molecular formula is C51H50O7. The molecule has 0 aliphatic heterocycles. The van der Waals surface area contributed by atoms with E-state index in [0.29, 0.717) is 44.2 Å². The van der Waals surface area contributed by atoms with E-state index in [-0.39, 0.29) is 11.9 Å². The molecule has 58 heavy (non-hydrogen) atoms. The molecule has 0 radical (unpaired) electrons. The number of rotatable bonds is 15. The summed E-state index contributed by atoms with van der Waals surface area (Å²) in [5.74, 6) is 1.34. The Labute approximate surface area is 341 Å². The molecule has 7 nitrogen and oxygen atoms in total. The van der Waals surface area contributed by atoms with Gasteiger partial charge in [-0.2, -0.15) is 0 Å². The molecule has 0 aliphatic rings. The third-order valence-electron chi connectivity index (χ3n) is 9.73. The van der Waals surface area contributed by atoms with Crippen LogP contribution in [0, 0.1) is 0 Å². The highest BCUT2D eigenvalue weighted by atomic mass is 16.6. The first-order valence-corrected chi connectivity index (χ1v) is 19.7. The average molecular weight is 775 g/mol. The lowest BCUT2D eigenvalue weighted by atomic mass is 9.92. The molecular weight excluding hydrogens is 725 g/mol. The summed E-state index contributed by atoms with van der Waals surface area (Å²) >= 11 is 0. The van der Waals surface area contributed by atoms with Gasteiger partial charge in [0.15, 0.2) is 0 Å². The lowest BCUT2D eigenvalue weighted by molar-refractivity contribution is -0.160. The van der Waals surface area contributed by atoms with E-state index in [2.05, 4.69) is 18.2 Å². The molecule has 0 amide bonds. The van der Waals surface area contributed by atoms with Crippen molar-refractivity contribution >= 4 is 33.5 Å². The van der Waals surface area contributed by atoms with Crippen LogP contribution < -0.4 is 14.2 Å². The van der Waals surface area contributed by atoms with Gasteiger partial charge >= 0.3 is 11.9 Å². The Bertz CT molecular complexity index is 2390. The largest absolute Gasteiger partial charge is 0.488 e. The number of carbonyl (C=O) groups is 2. The summed E-state index contributed by atoms with van der Waals surface area (Å²) in [6.07, 6.45) is 0.794. The van der Waals surface area contributed by atoms with Crippen molar-refractivity contribution in [2.75, 3.05) is 13.2 Å². The van der Waals surface area contributed by atoms with Crippen LogP contribution in [-0.2, 0) is 38.5 Å². The van der Waals surface area contributed by atoms with Gasteiger partial charge in [0.05, 0.1) is 13.2 Å². The van der Waals surface area contributed by atoms with Gasteiger partial charge in [0, 0.05) is 18.2 Å². The Hall–Kier alpha value is -6.60. The van der Waals surface area contributed by atoms with Crippen LogP contribution in [0.25, 0.3) is 21.5 Å². The van der Waals surface area contributed by atoms with E-state index < -0.39 is 11.2 Å². The Morgan fingerprint density at radius 3 is 1.47 bits per heavy atom. The zero-order valence-electron chi connectivity index (χ0n) is 33.6. The van der Waals surface area contributed by atoms with Crippen molar-refractivity contribution in [3.05, 3.63) is 187 Å². The van der Waals surface area contributed by atoms with E-state index in [9.17, 15) is 9.59 Å². The average Bonchev–Trinajstić information content (AvgIpc) is 3.25. The van der Waals surface area contributed by atoms with Gasteiger partial charge in [0.1, 0.15) is 23.9 Å². The number of esters is 2. The van der Waals surface area contributed by atoms with Crippen LogP contribution in [-0.4, -0.2) is 36.4 Å². The van der Waals surface area contributed by atoms with Crippen molar-refractivity contribution in [1.29, 1.82) is 0 Å². The predicted octanol–water partition coefficient (Wildman–Crippen LogP) is 11.1. The van der Waals surface area contributed by atoms with Crippen LogP contribution in [0.15, 0.2) is 170 Å². The minimum Gasteiger partial charge on any atom is -0.488 e. The van der Waals surface area contributed by atoms with Crippen LogP contribution in [0.2, 0.25) is 0 Å². The highest BCUT2D eigenvalue weighted by Gasteiger charge is 2.39. The highest BCUT2D eigenvalue weighted by Crippen LogP contribution is 2.33. The summed E-state index contributed by atoms with van der Waals surface area (Å²) in [7, 11) is 0. The van der Waals surface area contributed by atoms with E-state index >= 15 is 0 Å². The van der Waals surface area contributed by atoms with E-state index in [1.165, 1.54) is 0 Å². The van der Waals surface area contributed by atoms with Gasteiger partial charge in [-0.25, -0.2) is 9.59 Å². The Morgan fingerprint density at radius 2 is 0.914 bits per heavy atom. The molecule has 0 aliphatic carbocycles. The molecule has 7 aromatic carbocycles. The number of benzene rings is 7. The highest BCUT2D eigenvalue weighted by molar-refractivity contribution is 5.92. The fraction of sp³-hybridized carbons (Fsp3) is 0.216. The molecule has 0 saturated carbocycles. The quantitative estimate of drug-likeness (QED) is 0.0960. The van der Waals surface area contributed by atoms with Gasteiger partial charge in [-0.05, 0) is 90.9 Å². The summed E-state index contributed by atoms with van der Waals surface area (Å²) in [4.78, 5) is 25.6. The summed E-state index contributed by atoms with van der Waals surface area (Å²) in [5.41, 5.74) is 0.888. The van der Waals surface area contributed by atoms with E-state index in [1.807, 2.05) is 152 Å². The molecule has 2 atom stereocenters. The molecule has 2 unspecified atom stereocenters. The normalized spacial score (nSPS) is 12.9. The maximum atomic E-state index is 13.0. The number of fused-ring (bicyclic) bond motifs is 2. The third kappa shape index (κ3) is 10.4. The fourth-order valence-corrected chi connectivity index (χ4v) is 6.89. The molecule has 7 rings (SSSR count). The molecule has 0 bridgehead atoms. The summed E-state index contributed by atoms with van der Waals surface area (Å²) in [6, 6.07) is 55.2. The molecule has 7 heteroatoms. The van der Waals surface area contributed by atoms with Crippen molar-refractivity contribution < 1.29 is 33.3 Å². The van der Waals surface area contributed by atoms with Gasteiger partial charge < -0.3 is 23.7 Å².